The van der Waals surface area contributed by atoms with E-state index in [1.807, 2.05) is 12.1 Å². The van der Waals surface area contributed by atoms with Gasteiger partial charge >= 0.3 is 0 Å². The Labute approximate surface area is 140 Å². The van der Waals surface area contributed by atoms with E-state index < -0.39 is 4.92 Å². The van der Waals surface area contributed by atoms with Gasteiger partial charge in [-0.1, -0.05) is 0 Å². The molecule has 0 aliphatic rings. The van der Waals surface area contributed by atoms with Gasteiger partial charge in [0.15, 0.2) is 5.00 Å². The van der Waals surface area contributed by atoms with Crippen LogP contribution in [0.5, 0.6) is 0 Å². The summed E-state index contributed by atoms with van der Waals surface area (Å²) in [5.41, 5.74) is 2.18. The van der Waals surface area contributed by atoms with E-state index in [9.17, 15) is 10.1 Å². The number of nitro groups is 1. The number of aromatic nitrogens is 1. The van der Waals surface area contributed by atoms with E-state index in [-0.39, 0.29) is 12.3 Å². The number of rotatable bonds is 6. The Hall–Kier alpha value is -2.91. The van der Waals surface area contributed by atoms with Crippen molar-refractivity contribution in [3.63, 3.8) is 0 Å². The second-order valence-corrected chi connectivity index (χ2v) is 5.60. The van der Waals surface area contributed by atoms with Crippen LogP contribution in [0.25, 0.3) is 10.9 Å². The fourth-order valence-corrected chi connectivity index (χ4v) is 2.73. The molecule has 0 unspecified atom stereocenters. The van der Waals surface area contributed by atoms with Crippen LogP contribution in [0.1, 0.15) is 0 Å². The van der Waals surface area contributed by atoms with Crippen LogP contribution in [0, 0.1) is 10.1 Å². The molecule has 0 bridgehead atoms. The third-order valence-electron chi connectivity index (χ3n) is 3.22. The Morgan fingerprint density at radius 1 is 1.21 bits per heavy atom. The SMILES string of the molecule is O=[N+]([O-])c1ccc2nsc(N=Nc3ccc(NCCO)cc3)c2c1. The van der Waals surface area contributed by atoms with Crippen LogP contribution in [0.3, 0.4) is 0 Å². The number of nitrogens with one attached hydrogen (secondary N) is 1. The van der Waals surface area contributed by atoms with E-state index in [0.717, 1.165) is 17.2 Å². The van der Waals surface area contributed by atoms with Crippen molar-refractivity contribution in [3.8, 4) is 0 Å². The molecule has 122 valence electrons. The highest BCUT2D eigenvalue weighted by Gasteiger charge is 2.11. The van der Waals surface area contributed by atoms with Gasteiger partial charge in [-0.25, -0.2) is 0 Å². The molecule has 0 aliphatic carbocycles. The minimum absolute atomic E-state index is 0.00143. The van der Waals surface area contributed by atoms with Crippen LogP contribution in [-0.2, 0) is 0 Å². The van der Waals surface area contributed by atoms with Gasteiger partial charge in [0, 0.05) is 29.8 Å². The molecule has 0 atom stereocenters. The first-order valence-corrected chi connectivity index (χ1v) is 7.85. The number of aliphatic hydroxyl groups excluding tert-OH is 1. The fraction of sp³-hybridized carbons (Fsp3) is 0.133. The highest BCUT2D eigenvalue weighted by atomic mass is 32.1. The number of anilines is 1. The van der Waals surface area contributed by atoms with Gasteiger partial charge in [0.05, 0.1) is 22.7 Å². The zero-order valence-electron chi connectivity index (χ0n) is 12.4. The summed E-state index contributed by atoms with van der Waals surface area (Å²) in [6.07, 6.45) is 0. The van der Waals surface area contributed by atoms with Gasteiger partial charge in [-0.2, -0.15) is 4.37 Å². The van der Waals surface area contributed by atoms with E-state index in [1.165, 1.54) is 12.1 Å². The second kappa shape index (κ2) is 7.11. The average Bonchev–Trinajstić information content (AvgIpc) is 3.01. The van der Waals surface area contributed by atoms with Crippen LogP contribution in [-0.4, -0.2) is 27.6 Å². The quantitative estimate of drug-likeness (QED) is 0.398. The van der Waals surface area contributed by atoms with Gasteiger partial charge in [-0.15, -0.1) is 10.2 Å². The van der Waals surface area contributed by atoms with Crippen molar-refractivity contribution < 1.29 is 10.0 Å². The first-order chi connectivity index (χ1) is 11.7. The summed E-state index contributed by atoms with van der Waals surface area (Å²) < 4.78 is 4.21. The summed E-state index contributed by atoms with van der Waals surface area (Å²) in [6, 6.07) is 11.7. The molecule has 3 aromatic rings. The van der Waals surface area contributed by atoms with E-state index in [4.69, 9.17) is 5.11 Å². The highest BCUT2D eigenvalue weighted by molar-refractivity contribution is 7.11. The summed E-state index contributed by atoms with van der Waals surface area (Å²) >= 11 is 1.14. The van der Waals surface area contributed by atoms with Crippen molar-refractivity contribution in [2.75, 3.05) is 18.5 Å². The zero-order chi connectivity index (χ0) is 16.9. The number of azo groups is 1. The summed E-state index contributed by atoms with van der Waals surface area (Å²) in [7, 11) is 0. The normalized spacial score (nSPS) is 11.2. The van der Waals surface area contributed by atoms with Crippen molar-refractivity contribution in [3.05, 3.63) is 52.6 Å². The number of non-ortho nitro benzene ring substituents is 1. The van der Waals surface area contributed by atoms with Crippen molar-refractivity contribution in [1.82, 2.24) is 4.37 Å². The van der Waals surface area contributed by atoms with Crippen LogP contribution in [0.2, 0.25) is 0 Å². The number of benzene rings is 2. The fourth-order valence-electron chi connectivity index (χ4n) is 2.05. The molecule has 0 fully saturated rings. The molecule has 8 nitrogen and oxygen atoms in total. The lowest BCUT2D eigenvalue weighted by molar-refractivity contribution is -0.384. The standard InChI is InChI=1S/C15H13N5O3S/c21-8-7-16-10-1-3-11(4-2-10)17-18-15-13-9-12(20(22)23)5-6-14(13)19-24-15/h1-6,9,16,21H,7-8H2. The molecule has 3 rings (SSSR count). The molecule has 0 saturated heterocycles. The molecule has 0 amide bonds. The van der Waals surface area contributed by atoms with E-state index in [0.29, 0.717) is 28.1 Å². The van der Waals surface area contributed by atoms with Crippen LogP contribution >= 0.6 is 11.5 Å². The van der Waals surface area contributed by atoms with Crippen LogP contribution in [0.15, 0.2) is 52.7 Å². The maximum Gasteiger partial charge on any atom is 0.270 e. The van der Waals surface area contributed by atoms with Crippen molar-refractivity contribution in [2.24, 2.45) is 10.2 Å². The van der Waals surface area contributed by atoms with Crippen LogP contribution in [0.4, 0.5) is 22.1 Å². The first kappa shape index (κ1) is 16.0. The van der Waals surface area contributed by atoms with E-state index in [2.05, 4.69) is 19.9 Å². The minimum atomic E-state index is -0.448. The lowest BCUT2D eigenvalue weighted by Gasteiger charge is -2.03. The zero-order valence-corrected chi connectivity index (χ0v) is 13.2. The third-order valence-corrected chi connectivity index (χ3v) is 3.98. The summed E-state index contributed by atoms with van der Waals surface area (Å²) in [5.74, 6) is 0. The lowest BCUT2D eigenvalue weighted by Crippen LogP contribution is -2.04. The highest BCUT2D eigenvalue weighted by Crippen LogP contribution is 2.34. The number of hydrogen-bond acceptors (Lipinski definition) is 8. The number of aliphatic hydroxyl groups is 1. The molecule has 2 aromatic carbocycles. The van der Waals surface area contributed by atoms with Gasteiger partial charge in [0.1, 0.15) is 0 Å². The molecule has 0 saturated carbocycles. The van der Waals surface area contributed by atoms with Gasteiger partial charge in [0.25, 0.3) is 5.69 Å². The summed E-state index contributed by atoms with van der Waals surface area (Å²) in [5, 5.41) is 32.1. The molecule has 2 N–H and O–H groups in total. The van der Waals surface area contributed by atoms with Crippen LogP contribution < -0.4 is 5.32 Å². The Morgan fingerprint density at radius 3 is 2.71 bits per heavy atom. The number of nitro benzene ring substituents is 1. The molecular formula is C15H13N5O3S. The molecule has 0 radical (unpaired) electrons. The van der Waals surface area contributed by atoms with Gasteiger partial charge in [-0.05, 0) is 41.9 Å². The third kappa shape index (κ3) is 3.53. The summed E-state index contributed by atoms with van der Waals surface area (Å²) in [6.45, 7) is 0.540. The Kier molecular flexibility index (Phi) is 4.73. The topological polar surface area (TPSA) is 113 Å². The van der Waals surface area contributed by atoms with E-state index in [1.54, 1.807) is 18.2 Å². The predicted molar refractivity (Wildman–Crippen MR) is 92.5 cm³/mol. The van der Waals surface area contributed by atoms with Crippen molar-refractivity contribution >= 4 is 44.5 Å². The number of hydrogen-bond donors (Lipinski definition) is 2. The molecule has 1 aromatic heterocycles. The second-order valence-electron chi connectivity index (χ2n) is 4.84. The average molecular weight is 343 g/mol. The Bertz CT molecular complexity index is 892. The van der Waals surface area contributed by atoms with Gasteiger partial charge < -0.3 is 10.4 Å². The number of nitrogens with zero attached hydrogens (tertiary/aromatic N) is 4. The molecule has 0 aliphatic heterocycles. The largest absolute Gasteiger partial charge is 0.395 e. The molecular weight excluding hydrogens is 330 g/mol. The maximum atomic E-state index is 10.9. The smallest absolute Gasteiger partial charge is 0.270 e. The minimum Gasteiger partial charge on any atom is -0.395 e. The van der Waals surface area contributed by atoms with Gasteiger partial charge in [0.2, 0.25) is 0 Å². The van der Waals surface area contributed by atoms with Crippen molar-refractivity contribution in [2.45, 2.75) is 0 Å². The number of fused-ring (bicyclic) bond motifs is 1. The monoisotopic (exact) mass is 343 g/mol. The molecule has 24 heavy (non-hydrogen) atoms. The summed E-state index contributed by atoms with van der Waals surface area (Å²) in [4.78, 5) is 10.4. The molecule has 9 heteroatoms. The maximum absolute atomic E-state index is 10.9. The van der Waals surface area contributed by atoms with Crippen molar-refractivity contribution in [1.29, 1.82) is 0 Å². The lowest BCUT2D eigenvalue weighted by atomic mass is 10.2. The first-order valence-electron chi connectivity index (χ1n) is 7.08. The molecule has 0 spiro atoms. The predicted octanol–water partition coefficient (Wildman–Crippen LogP) is 4.02. The molecule has 1 heterocycles. The van der Waals surface area contributed by atoms with E-state index >= 15 is 0 Å². The Morgan fingerprint density at radius 2 is 2.00 bits per heavy atom. The van der Waals surface area contributed by atoms with Gasteiger partial charge in [-0.3, -0.25) is 10.1 Å². The Balaban J connectivity index is 1.82.